The van der Waals surface area contributed by atoms with Crippen LogP contribution in [-0.4, -0.2) is 48.4 Å². The Balaban J connectivity index is 1.66. The number of aryl methyl sites for hydroxylation is 1. The third-order valence-corrected chi connectivity index (χ3v) is 4.25. The highest BCUT2D eigenvalue weighted by Crippen LogP contribution is 2.13. The van der Waals surface area contributed by atoms with Crippen molar-refractivity contribution in [2.75, 3.05) is 32.7 Å². The molecule has 4 heteroatoms. The molecule has 21 heavy (non-hydrogen) atoms. The van der Waals surface area contributed by atoms with E-state index in [1.54, 1.807) is 0 Å². The summed E-state index contributed by atoms with van der Waals surface area (Å²) in [6.45, 7) is 6.94. The molecule has 2 rings (SSSR count). The van der Waals surface area contributed by atoms with Crippen LogP contribution < -0.4 is 0 Å². The van der Waals surface area contributed by atoms with Gasteiger partial charge in [0.15, 0.2) is 0 Å². The Morgan fingerprint density at radius 3 is 2.67 bits per heavy atom. The van der Waals surface area contributed by atoms with Crippen LogP contribution in [0.25, 0.3) is 0 Å². The van der Waals surface area contributed by atoms with Crippen LogP contribution in [0.3, 0.4) is 0 Å². The third kappa shape index (κ3) is 5.33. The van der Waals surface area contributed by atoms with Crippen molar-refractivity contribution in [2.24, 2.45) is 0 Å². The van der Waals surface area contributed by atoms with Crippen molar-refractivity contribution in [2.45, 2.75) is 32.6 Å². The number of piperazine rings is 1. The Kier molecular flexibility index (Phi) is 6.52. The molecule has 0 N–H and O–H groups in total. The maximum Gasteiger partial charge on any atom is 0.222 e. The predicted octanol–water partition coefficient (Wildman–Crippen LogP) is 3.22. The normalized spacial score (nSPS) is 16.2. The number of nitrogens with zero attached hydrogens (tertiary/aromatic N) is 2. The molecule has 0 bridgehead atoms. The molecule has 1 saturated heterocycles. The van der Waals surface area contributed by atoms with Gasteiger partial charge in [0.2, 0.25) is 5.91 Å². The molecule has 0 radical (unpaired) electrons. The minimum atomic E-state index is 0.316. The molecule has 1 aromatic rings. The van der Waals surface area contributed by atoms with Crippen LogP contribution in [0, 0.1) is 0 Å². The summed E-state index contributed by atoms with van der Waals surface area (Å²) < 4.78 is 0. The fourth-order valence-electron chi connectivity index (χ4n) is 2.79. The number of halogens is 1. The lowest BCUT2D eigenvalue weighted by Crippen LogP contribution is -2.48. The summed E-state index contributed by atoms with van der Waals surface area (Å²) in [6.07, 6.45) is 3.84. The largest absolute Gasteiger partial charge is 0.340 e. The molecule has 1 amide bonds. The van der Waals surface area contributed by atoms with E-state index in [4.69, 9.17) is 11.6 Å². The van der Waals surface area contributed by atoms with Gasteiger partial charge in [-0.2, -0.15) is 0 Å². The fraction of sp³-hybridized carbons (Fsp3) is 0.588. The number of carbonyl (C=O) groups excluding carboxylic acids is 1. The average molecular weight is 309 g/mol. The van der Waals surface area contributed by atoms with Crippen molar-refractivity contribution in [1.29, 1.82) is 0 Å². The maximum atomic E-state index is 11.8. The zero-order valence-electron chi connectivity index (χ0n) is 12.9. The standard InChI is InChI=1S/C17H25ClN2O/c1-2-5-17(21)20-12-10-19(11-13-20)9-4-7-15-6-3-8-16(18)14-15/h3,6,8,14H,2,4-5,7,9-13H2,1H3. The van der Waals surface area contributed by atoms with Gasteiger partial charge in [-0.1, -0.05) is 30.7 Å². The zero-order valence-corrected chi connectivity index (χ0v) is 13.6. The second-order valence-electron chi connectivity index (χ2n) is 5.71. The molecule has 1 aliphatic heterocycles. The molecule has 116 valence electrons. The molecule has 1 heterocycles. The number of amides is 1. The van der Waals surface area contributed by atoms with Crippen molar-refractivity contribution < 1.29 is 4.79 Å². The molecule has 0 aliphatic carbocycles. The molecule has 0 unspecified atom stereocenters. The van der Waals surface area contributed by atoms with Gasteiger partial charge in [0.05, 0.1) is 0 Å². The highest BCUT2D eigenvalue weighted by Gasteiger charge is 2.19. The van der Waals surface area contributed by atoms with E-state index in [9.17, 15) is 4.79 Å². The van der Waals surface area contributed by atoms with Crippen LogP contribution in [0.4, 0.5) is 0 Å². The van der Waals surface area contributed by atoms with Crippen LogP contribution in [0.15, 0.2) is 24.3 Å². The summed E-state index contributed by atoms with van der Waals surface area (Å²) in [4.78, 5) is 16.3. The SMILES string of the molecule is CCCC(=O)N1CCN(CCCc2cccc(Cl)c2)CC1. The molecule has 0 aromatic heterocycles. The van der Waals surface area contributed by atoms with E-state index in [0.29, 0.717) is 12.3 Å². The van der Waals surface area contributed by atoms with Gasteiger partial charge in [-0.25, -0.2) is 0 Å². The summed E-state index contributed by atoms with van der Waals surface area (Å²) >= 11 is 6.00. The van der Waals surface area contributed by atoms with E-state index in [2.05, 4.69) is 17.9 Å². The molecular weight excluding hydrogens is 284 g/mol. The van der Waals surface area contributed by atoms with E-state index in [1.807, 2.05) is 23.1 Å². The van der Waals surface area contributed by atoms with Crippen molar-refractivity contribution in [3.63, 3.8) is 0 Å². The van der Waals surface area contributed by atoms with Gasteiger partial charge in [-0.05, 0) is 43.5 Å². The van der Waals surface area contributed by atoms with E-state index in [-0.39, 0.29) is 0 Å². The lowest BCUT2D eigenvalue weighted by Gasteiger charge is -2.34. The number of benzene rings is 1. The first-order valence-corrected chi connectivity index (χ1v) is 8.31. The summed E-state index contributed by atoms with van der Waals surface area (Å²) in [5, 5.41) is 0.815. The quantitative estimate of drug-likeness (QED) is 0.805. The second-order valence-corrected chi connectivity index (χ2v) is 6.14. The van der Waals surface area contributed by atoms with Gasteiger partial charge >= 0.3 is 0 Å². The predicted molar refractivity (Wildman–Crippen MR) is 87.7 cm³/mol. The van der Waals surface area contributed by atoms with E-state index in [0.717, 1.165) is 57.0 Å². The maximum absolute atomic E-state index is 11.8. The summed E-state index contributed by atoms with van der Waals surface area (Å²) in [5.74, 6) is 0.316. The van der Waals surface area contributed by atoms with Crippen molar-refractivity contribution in [3.8, 4) is 0 Å². The van der Waals surface area contributed by atoms with Gasteiger partial charge < -0.3 is 4.90 Å². The molecule has 0 atom stereocenters. The van der Waals surface area contributed by atoms with Gasteiger partial charge in [-0.15, -0.1) is 0 Å². The van der Waals surface area contributed by atoms with Crippen LogP contribution in [0.2, 0.25) is 5.02 Å². The van der Waals surface area contributed by atoms with Crippen molar-refractivity contribution in [3.05, 3.63) is 34.9 Å². The molecule has 3 nitrogen and oxygen atoms in total. The van der Waals surface area contributed by atoms with Crippen LogP contribution >= 0.6 is 11.6 Å². The molecule has 1 aliphatic rings. The van der Waals surface area contributed by atoms with Gasteiger partial charge in [-0.3, -0.25) is 9.69 Å². The number of hydrogen-bond acceptors (Lipinski definition) is 2. The first-order valence-electron chi connectivity index (χ1n) is 7.93. The average Bonchev–Trinajstić information content (AvgIpc) is 2.48. The van der Waals surface area contributed by atoms with E-state index in [1.165, 1.54) is 5.56 Å². The van der Waals surface area contributed by atoms with Crippen molar-refractivity contribution in [1.82, 2.24) is 9.80 Å². The smallest absolute Gasteiger partial charge is 0.222 e. The van der Waals surface area contributed by atoms with Gasteiger partial charge in [0.25, 0.3) is 0 Å². The van der Waals surface area contributed by atoms with Crippen LogP contribution in [0.5, 0.6) is 0 Å². The van der Waals surface area contributed by atoms with E-state index < -0.39 is 0 Å². The Hall–Kier alpha value is -1.06. The highest BCUT2D eigenvalue weighted by molar-refractivity contribution is 6.30. The monoisotopic (exact) mass is 308 g/mol. The molecule has 1 fully saturated rings. The van der Waals surface area contributed by atoms with Crippen LogP contribution in [-0.2, 0) is 11.2 Å². The minimum absolute atomic E-state index is 0.316. The lowest BCUT2D eigenvalue weighted by atomic mass is 10.1. The fourth-order valence-corrected chi connectivity index (χ4v) is 3.01. The summed E-state index contributed by atoms with van der Waals surface area (Å²) in [6, 6.07) is 8.10. The number of carbonyl (C=O) groups is 1. The summed E-state index contributed by atoms with van der Waals surface area (Å²) in [7, 11) is 0. The Bertz CT molecular complexity index is 456. The van der Waals surface area contributed by atoms with Crippen LogP contribution in [0.1, 0.15) is 31.7 Å². The molecule has 0 saturated carbocycles. The Labute approximate surface area is 132 Å². The third-order valence-electron chi connectivity index (χ3n) is 4.02. The number of rotatable bonds is 6. The van der Waals surface area contributed by atoms with Gasteiger partial charge in [0.1, 0.15) is 0 Å². The molecule has 0 spiro atoms. The Morgan fingerprint density at radius 2 is 2.00 bits per heavy atom. The van der Waals surface area contributed by atoms with E-state index >= 15 is 0 Å². The zero-order chi connectivity index (χ0) is 15.1. The first-order chi connectivity index (χ1) is 10.2. The highest BCUT2D eigenvalue weighted by atomic mass is 35.5. The second kappa shape index (κ2) is 8.40. The Morgan fingerprint density at radius 1 is 1.24 bits per heavy atom. The summed E-state index contributed by atoms with van der Waals surface area (Å²) in [5.41, 5.74) is 1.30. The minimum Gasteiger partial charge on any atom is -0.340 e. The first kappa shape index (κ1) is 16.3. The molecular formula is C17H25ClN2O. The number of hydrogen-bond donors (Lipinski definition) is 0. The van der Waals surface area contributed by atoms with Gasteiger partial charge in [0, 0.05) is 37.6 Å². The van der Waals surface area contributed by atoms with Crippen molar-refractivity contribution >= 4 is 17.5 Å². The topological polar surface area (TPSA) is 23.6 Å². The molecule has 1 aromatic carbocycles. The lowest BCUT2D eigenvalue weighted by molar-refractivity contribution is -0.132.